The van der Waals surface area contributed by atoms with Crippen LogP contribution >= 0.6 is 0 Å². The van der Waals surface area contributed by atoms with Crippen molar-refractivity contribution in [2.75, 3.05) is 5.32 Å². The van der Waals surface area contributed by atoms with Gasteiger partial charge in [0.2, 0.25) is 0 Å². The summed E-state index contributed by atoms with van der Waals surface area (Å²) in [6.45, 7) is 7.41. The summed E-state index contributed by atoms with van der Waals surface area (Å²) in [7, 11) is 0. The number of amides is 2. The first kappa shape index (κ1) is 22.2. The molecule has 32 heavy (non-hydrogen) atoms. The van der Waals surface area contributed by atoms with Crippen LogP contribution in [0.4, 0.5) is 10.5 Å². The second-order valence-corrected chi connectivity index (χ2v) is 9.41. The molecule has 6 nitrogen and oxygen atoms in total. The lowest BCUT2D eigenvalue weighted by molar-refractivity contribution is 0.124. The van der Waals surface area contributed by atoms with E-state index in [4.69, 9.17) is 4.42 Å². The summed E-state index contributed by atoms with van der Waals surface area (Å²) < 4.78 is 7.28. The normalized spacial score (nSPS) is 18.8. The number of carbonyl (C=O) groups is 1. The van der Waals surface area contributed by atoms with Crippen LogP contribution in [0.15, 0.2) is 58.1 Å². The van der Waals surface area contributed by atoms with Gasteiger partial charge in [-0.1, -0.05) is 51.8 Å². The molecule has 2 amide bonds. The van der Waals surface area contributed by atoms with Gasteiger partial charge in [-0.2, -0.15) is 0 Å². The lowest BCUT2D eigenvalue weighted by Gasteiger charge is -2.38. The molecule has 0 unspecified atom stereocenters. The summed E-state index contributed by atoms with van der Waals surface area (Å²) in [4.78, 5) is 28.5. The molecule has 1 N–H and O–H groups in total. The highest BCUT2D eigenvalue weighted by atomic mass is 16.3. The number of hydrogen-bond donors (Lipinski definition) is 1. The van der Waals surface area contributed by atoms with Crippen LogP contribution in [0.1, 0.15) is 52.2 Å². The molecule has 1 saturated carbocycles. The quantitative estimate of drug-likeness (QED) is 0.527. The monoisotopic (exact) mass is 435 g/mol. The largest absolute Gasteiger partial charge is 0.467 e. The molecule has 2 atom stereocenters. The minimum Gasteiger partial charge on any atom is -0.467 e. The van der Waals surface area contributed by atoms with Gasteiger partial charge in [-0.3, -0.25) is 4.79 Å². The lowest BCUT2D eigenvalue weighted by atomic mass is 9.85. The molecule has 2 heterocycles. The maximum absolute atomic E-state index is 13.6. The van der Waals surface area contributed by atoms with Crippen molar-refractivity contribution in [1.82, 2.24) is 9.47 Å². The standard InChI is InChI=1S/C26H33N3O3/c1-18(2)15-28-17-23(21-11-5-6-12-22(21)25(28)30)27-26(31)29(16-20-10-8-14-32-20)24-13-7-4-9-19(24)3/h5-6,8,10-12,14,17-19,24H,4,7,9,13,15-16H2,1-3H3,(H,27,31)/t19-,24-/m1/s1. The van der Waals surface area contributed by atoms with E-state index in [9.17, 15) is 9.59 Å². The Hall–Kier alpha value is -3.02. The average molecular weight is 436 g/mol. The van der Waals surface area contributed by atoms with Gasteiger partial charge in [0.1, 0.15) is 5.76 Å². The van der Waals surface area contributed by atoms with Gasteiger partial charge >= 0.3 is 6.03 Å². The number of anilines is 1. The molecule has 3 aromatic rings. The number of rotatable bonds is 6. The first-order chi connectivity index (χ1) is 15.4. The minimum absolute atomic E-state index is 0.0272. The molecule has 0 saturated heterocycles. The van der Waals surface area contributed by atoms with Gasteiger partial charge in [-0.15, -0.1) is 0 Å². The van der Waals surface area contributed by atoms with Gasteiger partial charge in [0.25, 0.3) is 5.56 Å². The summed E-state index contributed by atoms with van der Waals surface area (Å²) in [5.74, 6) is 1.51. The van der Waals surface area contributed by atoms with Crippen molar-refractivity contribution >= 4 is 22.5 Å². The zero-order valence-corrected chi connectivity index (χ0v) is 19.2. The van der Waals surface area contributed by atoms with Crippen molar-refractivity contribution in [1.29, 1.82) is 0 Å². The van der Waals surface area contributed by atoms with Gasteiger partial charge in [-0.25, -0.2) is 4.79 Å². The van der Waals surface area contributed by atoms with Crippen LogP contribution in [0.5, 0.6) is 0 Å². The molecule has 1 aromatic carbocycles. The number of nitrogens with zero attached hydrogens (tertiary/aromatic N) is 2. The average Bonchev–Trinajstić information content (AvgIpc) is 3.29. The third-order valence-electron chi connectivity index (χ3n) is 6.43. The Morgan fingerprint density at radius 3 is 2.59 bits per heavy atom. The van der Waals surface area contributed by atoms with E-state index in [-0.39, 0.29) is 17.6 Å². The SMILES string of the molecule is CC(C)Cn1cc(NC(=O)N(Cc2ccco2)[C@@H]2CCCC[C@H]2C)c2ccccc2c1=O. The number of carbonyl (C=O) groups excluding carboxylic acids is 1. The summed E-state index contributed by atoms with van der Waals surface area (Å²) in [6, 6.07) is 11.2. The molecule has 2 aromatic heterocycles. The molecule has 1 aliphatic rings. The van der Waals surface area contributed by atoms with E-state index >= 15 is 0 Å². The zero-order chi connectivity index (χ0) is 22.7. The van der Waals surface area contributed by atoms with E-state index < -0.39 is 0 Å². The molecule has 0 radical (unpaired) electrons. The predicted molar refractivity (Wildman–Crippen MR) is 128 cm³/mol. The highest BCUT2D eigenvalue weighted by molar-refractivity contribution is 6.01. The van der Waals surface area contributed by atoms with Crippen molar-refractivity contribution in [2.45, 2.75) is 65.6 Å². The molecular weight excluding hydrogens is 402 g/mol. The Bertz CT molecular complexity index is 1120. The number of fused-ring (bicyclic) bond motifs is 1. The fourth-order valence-electron chi connectivity index (χ4n) is 4.83. The highest BCUT2D eigenvalue weighted by Crippen LogP contribution is 2.30. The number of aromatic nitrogens is 1. The van der Waals surface area contributed by atoms with Crippen LogP contribution in [0.25, 0.3) is 10.8 Å². The Morgan fingerprint density at radius 2 is 1.91 bits per heavy atom. The number of furan rings is 1. The van der Waals surface area contributed by atoms with Crippen LogP contribution in [0.3, 0.4) is 0 Å². The highest BCUT2D eigenvalue weighted by Gasteiger charge is 2.31. The molecular formula is C26H33N3O3. The maximum atomic E-state index is 13.6. The maximum Gasteiger partial charge on any atom is 0.322 e. The van der Waals surface area contributed by atoms with E-state index in [0.717, 1.165) is 30.4 Å². The van der Waals surface area contributed by atoms with Crippen LogP contribution in [-0.4, -0.2) is 21.5 Å². The van der Waals surface area contributed by atoms with E-state index in [1.165, 1.54) is 6.42 Å². The Balaban J connectivity index is 1.69. The van der Waals surface area contributed by atoms with Gasteiger partial charge < -0.3 is 19.2 Å². The number of nitrogens with one attached hydrogen (secondary N) is 1. The number of urea groups is 1. The Morgan fingerprint density at radius 1 is 1.16 bits per heavy atom. The molecule has 170 valence electrons. The fraction of sp³-hybridized carbons (Fsp3) is 0.462. The van der Waals surface area contributed by atoms with Crippen molar-refractivity contribution in [3.63, 3.8) is 0 Å². The summed E-state index contributed by atoms with van der Waals surface area (Å²) in [5, 5.41) is 4.53. The molecule has 0 bridgehead atoms. The summed E-state index contributed by atoms with van der Waals surface area (Å²) in [5.41, 5.74) is 0.638. The first-order valence-corrected chi connectivity index (χ1v) is 11.7. The summed E-state index contributed by atoms with van der Waals surface area (Å²) >= 11 is 0. The van der Waals surface area contributed by atoms with Gasteiger partial charge in [-0.05, 0) is 42.9 Å². The Kier molecular flexibility index (Phi) is 6.68. The topological polar surface area (TPSA) is 67.5 Å². The van der Waals surface area contributed by atoms with Gasteiger partial charge in [0, 0.05) is 29.6 Å². The third kappa shape index (κ3) is 4.74. The fourth-order valence-corrected chi connectivity index (χ4v) is 4.83. The first-order valence-electron chi connectivity index (χ1n) is 11.7. The third-order valence-corrected chi connectivity index (χ3v) is 6.43. The lowest BCUT2D eigenvalue weighted by Crippen LogP contribution is -2.46. The second kappa shape index (κ2) is 9.63. The molecule has 1 aliphatic carbocycles. The summed E-state index contributed by atoms with van der Waals surface area (Å²) in [6.07, 6.45) is 7.87. The molecule has 0 aliphatic heterocycles. The number of pyridine rings is 1. The van der Waals surface area contributed by atoms with Crippen molar-refractivity contribution in [3.8, 4) is 0 Å². The van der Waals surface area contributed by atoms with Crippen LogP contribution in [0, 0.1) is 11.8 Å². The van der Waals surface area contributed by atoms with E-state index in [2.05, 4.69) is 26.1 Å². The van der Waals surface area contributed by atoms with E-state index in [0.29, 0.717) is 36.0 Å². The number of benzene rings is 1. The second-order valence-electron chi connectivity index (χ2n) is 9.41. The molecule has 0 spiro atoms. The predicted octanol–water partition coefficient (Wildman–Crippen LogP) is 5.86. The van der Waals surface area contributed by atoms with Gasteiger partial charge in [0.05, 0.1) is 18.5 Å². The van der Waals surface area contributed by atoms with Crippen molar-refractivity contribution in [2.24, 2.45) is 11.8 Å². The van der Waals surface area contributed by atoms with Crippen LogP contribution in [-0.2, 0) is 13.1 Å². The van der Waals surface area contributed by atoms with Crippen molar-refractivity contribution < 1.29 is 9.21 Å². The smallest absolute Gasteiger partial charge is 0.322 e. The van der Waals surface area contributed by atoms with E-state index in [1.54, 1.807) is 17.0 Å². The molecule has 6 heteroatoms. The minimum atomic E-state index is -0.153. The van der Waals surface area contributed by atoms with Crippen LogP contribution in [0.2, 0.25) is 0 Å². The molecule has 1 fully saturated rings. The molecule has 4 rings (SSSR count). The van der Waals surface area contributed by atoms with E-state index in [1.807, 2.05) is 41.3 Å². The van der Waals surface area contributed by atoms with Gasteiger partial charge in [0.15, 0.2) is 0 Å². The zero-order valence-electron chi connectivity index (χ0n) is 19.2. The number of hydrogen-bond acceptors (Lipinski definition) is 3. The van der Waals surface area contributed by atoms with Crippen LogP contribution < -0.4 is 10.9 Å². The Labute approximate surface area is 189 Å². The van der Waals surface area contributed by atoms with Crippen molar-refractivity contribution in [3.05, 3.63) is 65.0 Å².